The van der Waals surface area contributed by atoms with Gasteiger partial charge < -0.3 is 4.42 Å². The highest BCUT2D eigenvalue weighted by Crippen LogP contribution is 2.31. The molecule has 1 saturated heterocycles. The van der Waals surface area contributed by atoms with Crippen LogP contribution in [0.4, 0.5) is 0 Å². The van der Waals surface area contributed by atoms with Crippen molar-refractivity contribution in [3.63, 3.8) is 0 Å². The molecule has 1 unspecified atom stereocenters. The van der Waals surface area contributed by atoms with Gasteiger partial charge in [-0.3, -0.25) is 4.90 Å². The predicted molar refractivity (Wildman–Crippen MR) is 70.0 cm³/mol. The Morgan fingerprint density at radius 1 is 1.41 bits per heavy atom. The fourth-order valence-electron chi connectivity index (χ4n) is 2.20. The van der Waals surface area contributed by atoms with Gasteiger partial charge in [-0.05, 0) is 5.41 Å². The second kappa shape index (κ2) is 4.98. The quantitative estimate of drug-likeness (QED) is 0.811. The Bertz CT molecular complexity index is 372. The van der Waals surface area contributed by atoms with E-state index >= 15 is 0 Å². The number of aryl methyl sites for hydroxylation is 1. The molecular weight excluding hydrogens is 234 g/mol. The van der Waals surface area contributed by atoms with Crippen LogP contribution in [0.3, 0.4) is 0 Å². The number of hydrogen-bond acceptors (Lipinski definition) is 5. The van der Waals surface area contributed by atoms with Gasteiger partial charge in [0.25, 0.3) is 0 Å². The summed E-state index contributed by atoms with van der Waals surface area (Å²) in [6.07, 6.45) is 0. The van der Waals surface area contributed by atoms with E-state index in [4.69, 9.17) is 4.42 Å². The lowest BCUT2D eigenvalue weighted by Gasteiger charge is -2.42. The number of rotatable bonds is 2. The SMILES string of the molecule is Cc1nnc(CN2CCSCC2C(C)(C)C)o1. The summed E-state index contributed by atoms with van der Waals surface area (Å²) in [5, 5.41) is 7.98. The molecule has 2 rings (SSSR count). The average molecular weight is 255 g/mol. The van der Waals surface area contributed by atoms with E-state index in [1.807, 2.05) is 18.7 Å². The Kier molecular flexibility index (Phi) is 3.78. The van der Waals surface area contributed by atoms with Gasteiger partial charge in [0.05, 0.1) is 6.54 Å². The van der Waals surface area contributed by atoms with E-state index in [1.165, 1.54) is 11.5 Å². The van der Waals surface area contributed by atoms with Crippen LogP contribution < -0.4 is 0 Å². The highest BCUT2D eigenvalue weighted by Gasteiger charge is 2.33. The Morgan fingerprint density at radius 2 is 2.18 bits per heavy atom. The molecule has 0 spiro atoms. The van der Waals surface area contributed by atoms with Gasteiger partial charge in [0.1, 0.15) is 0 Å². The largest absolute Gasteiger partial charge is 0.424 e. The third-order valence-corrected chi connectivity index (χ3v) is 4.17. The standard InChI is InChI=1S/C12H21N3OS/c1-9-13-14-11(16-9)7-15-5-6-17-8-10(15)12(2,3)4/h10H,5-8H2,1-4H3. The summed E-state index contributed by atoms with van der Waals surface area (Å²) in [6.45, 7) is 10.6. The normalized spacial score (nSPS) is 22.9. The molecule has 4 nitrogen and oxygen atoms in total. The first-order chi connectivity index (χ1) is 7.97. The second-order valence-corrected chi connectivity index (χ2v) is 6.79. The minimum Gasteiger partial charge on any atom is -0.424 e. The van der Waals surface area contributed by atoms with Crippen LogP contribution in [-0.4, -0.2) is 39.2 Å². The zero-order valence-corrected chi connectivity index (χ0v) is 11.9. The molecule has 96 valence electrons. The maximum Gasteiger partial charge on any atom is 0.230 e. The molecule has 0 aromatic carbocycles. The number of nitrogens with zero attached hydrogens (tertiary/aromatic N) is 3. The van der Waals surface area contributed by atoms with E-state index in [2.05, 4.69) is 35.9 Å². The molecule has 1 aromatic rings. The molecule has 17 heavy (non-hydrogen) atoms. The maximum absolute atomic E-state index is 5.48. The van der Waals surface area contributed by atoms with Crippen molar-refractivity contribution >= 4 is 11.8 Å². The van der Waals surface area contributed by atoms with Gasteiger partial charge in [0.2, 0.25) is 11.8 Å². The molecule has 5 heteroatoms. The number of thioether (sulfide) groups is 1. The lowest BCUT2D eigenvalue weighted by Crippen LogP contribution is -2.49. The third kappa shape index (κ3) is 3.22. The highest BCUT2D eigenvalue weighted by molar-refractivity contribution is 7.99. The summed E-state index contributed by atoms with van der Waals surface area (Å²) in [5.41, 5.74) is 0.294. The lowest BCUT2D eigenvalue weighted by atomic mass is 9.86. The first kappa shape index (κ1) is 12.9. The van der Waals surface area contributed by atoms with Gasteiger partial charge in [0, 0.05) is 31.0 Å². The van der Waals surface area contributed by atoms with E-state index in [0.29, 0.717) is 17.3 Å². The Balaban J connectivity index is 2.06. The fourth-order valence-corrected chi connectivity index (χ4v) is 3.66. The summed E-state index contributed by atoms with van der Waals surface area (Å²) in [6, 6.07) is 0.577. The van der Waals surface area contributed by atoms with Crippen molar-refractivity contribution < 1.29 is 4.42 Å². The van der Waals surface area contributed by atoms with Crippen molar-refractivity contribution in [2.75, 3.05) is 18.1 Å². The molecule has 1 fully saturated rings. The molecule has 1 aliphatic heterocycles. The van der Waals surface area contributed by atoms with Crippen LogP contribution in [0.15, 0.2) is 4.42 Å². The molecule has 0 saturated carbocycles. The molecule has 0 radical (unpaired) electrons. The minimum atomic E-state index is 0.294. The molecule has 0 bridgehead atoms. The van der Waals surface area contributed by atoms with Gasteiger partial charge in [-0.1, -0.05) is 20.8 Å². The molecule has 0 aliphatic carbocycles. The fraction of sp³-hybridized carbons (Fsp3) is 0.833. The number of hydrogen-bond donors (Lipinski definition) is 0. The van der Waals surface area contributed by atoms with Gasteiger partial charge in [0.15, 0.2) is 0 Å². The molecule has 0 N–H and O–H groups in total. The van der Waals surface area contributed by atoms with Crippen LogP contribution >= 0.6 is 11.8 Å². The first-order valence-corrected chi connectivity index (χ1v) is 7.23. The Labute approximate surface area is 107 Å². The van der Waals surface area contributed by atoms with Crippen molar-refractivity contribution in [3.8, 4) is 0 Å². The summed E-state index contributed by atoms with van der Waals surface area (Å²) in [4.78, 5) is 2.48. The summed E-state index contributed by atoms with van der Waals surface area (Å²) in [5.74, 6) is 3.78. The van der Waals surface area contributed by atoms with Crippen molar-refractivity contribution in [2.24, 2.45) is 5.41 Å². The van der Waals surface area contributed by atoms with Crippen molar-refractivity contribution in [2.45, 2.75) is 40.3 Å². The van der Waals surface area contributed by atoms with Gasteiger partial charge >= 0.3 is 0 Å². The number of aromatic nitrogens is 2. The van der Waals surface area contributed by atoms with Crippen LogP contribution in [0, 0.1) is 12.3 Å². The topological polar surface area (TPSA) is 42.2 Å². The van der Waals surface area contributed by atoms with Crippen molar-refractivity contribution in [3.05, 3.63) is 11.8 Å². The highest BCUT2D eigenvalue weighted by atomic mass is 32.2. The molecular formula is C12H21N3OS. The van der Waals surface area contributed by atoms with E-state index in [9.17, 15) is 0 Å². The summed E-state index contributed by atoms with van der Waals surface area (Å²) < 4.78 is 5.48. The minimum absolute atomic E-state index is 0.294. The molecule has 1 aromatic heterocycles. The predicted octanol–water partition coefficient (Wildman–Crippen LogP) is 2.34. The van der Waals surface area contributed by atoms with Crippen molar-refractivity contribution in [1.82, 2.24) is 15.1 Å². The van der Waals surface area contributed by atoms with E-state index < -0.39 is 0 Å². The first-order valence-electron chi connectivity index (χ1n) is 6.07. The van der Waals surface area contributed by atoms with Crippen LogP contribution in [-0.2, 0) is 6.54 Å². The molecule has 2 heterocycles. The Hall–Kier alpha value is -0.550. The third-order valence-electron chi connectivity index (χ3n) is 3.15. The van der Waals surface area contributed by atoms with E-state index in [0.717, 1.165) is 19.0 Å². The lowest BCUT2D eigenvalue weighted by molar-refractivity contribution is 0.102. The van der Waals surface area contributed by atoms with Gasteiger partial charge in [-0.15, -0.1) is 10.2 Å². The Morgan fingerprint density at radius 3 is 2.76 bits per heavy atom. The summed E-state index contributed by atoms with van der Waals surface area (Å²) >= 11 is 2.04. The monoisotopic (exact) mass is 255 g/mol. The van der Waals surface area contributed by atoms with E-state index in [-0.39, 0.29) is 0 Å². The smallest absolute Gasteiger partial charge is 0.230 e. The van der Waals surface area contributed by atoms with Gasteiger partial charge in [-0.2, -0.15) is 11.8 Å². The molecule has 1 aliphatic rings. The van der Waals surface area contributed by atoms with E-state index in [1.54, 1.807) is 0 Å². The molecule has 0 amide bonds. The second-order valence-electron chi connectivity index (χ2n) is 5.64. The van der Waals surface area contributed by atoms with Crippen molar-refractivity contribution in [1.29, 1.82) is 0 Å². The van der Waals surface area contributed by atoms with Crippen LogP contribution in [0.5, 0.6) is 0 Å². The molecule has 1 atom stereocenters. The summed E-state index contributed by atoms with van der Waals surface area (Å²) in [7, 11) is 0. The van der Waals surface area contributed by atoms with Crippen LogP contribution in [0.1, 0.15) is 32.6 Å². The zero-order valence-electron chi connectivity index (χ0n) is 11.1. The maximum atomic E-state index is 5.48. The van der Waals surface area contributed by atoms with Crippen LogP contribution in [0.25, 0.3) is 0 Å². The van der Waals surface area contributed by atoms with Gasteiger partial charge in [-0.25, -0.2) is 0 Å². The average Bonchev–Trinajstić information content (AvgIpc) is 2.63. The zero-order chi connectivity index (χ0) is 12.5. The van der Waals surface area contributed by atoms with Crippen LogP contribution in [0.2, 0.25) is 0 Å².